The van der Waals surface area contributed by atoms with Gasteiger partial charge in [0.1, 0.15) is 0 Å². The fourth-order valence-corrected chi connectivity index (χ4v) is 3.58. The molecule has 3 nitrogen and oxygen atoms in total. The van der Waals surface area contributed by atoms with Crippen LogP contribution in [-0.4, -0.2) is 37.4 Å². The van der Waals surface area contributed by atoms with Gasteiger partial charge in [-0.2, -0.15) is 0 Å². The molecule has 1 unspecified atom stereocenters. The smallest absolute Gasteiger partial charge is 0.151 e. The van der Waals surface area contributed by atoms with Crippen molar-refractivity contribution in [3.05, 3.63) is 69.7 Å². The Morgan fingerprint density at radius 3 is 2.75 bits per heavy atom. The lowest BCUT2D eigenvalue weighted by Gasteiger charge is -2.30. The van der Waals surface area contributed by atoms with Gasteiger partial charge in [-0.25, -0.2) is 0 Å². The minimum atomic E-state index is 0.254. The zero-order chi connectivity index (χ0) is 16.9. The second-order valence-corrected chi connectivity index (χ2v) is 7.41. The molecule has 0 aromatic heterocycles. The van der Waals surface area contributed by atoms with Gasteiger partial charge in [-0.1, -0.05) is 52.3 Å². The SMILES string of the molecule is CN(CC(=O)Cc1ccc(Br)cc1)CC1NCCc2ccccc21. The largest absolute Gasteiger partial charge is 0.309 e. The third-order valence-corrected chi connectivity index (χ3v) is 5.00. The fraction of sp³-hybridized carbons (Fsp3) is 0.350. The molecule has 0 spiro atoms. The first-order valence-electron chi connectivity index (χ1n) is 8.37. The van der Waals surface area contributed by atoms with Gasteiger partial charge in [0.2, 0.25) is 0 Å². The number of Topliss-reactive ketones (excluding diaryl/α,β-unsaturated/α-hetero) is 1. The van der Waals surface area contributed by atoms with Gasteiger partial charge in [0.25, 0.3) is 0 Å². The molecule has 3 rings (SSSR count). The molecule has 24 heavy (non-hydrogen) atoms. The Hall–Kier alpha value is -1.49. The van der Waals surface area contributed by atoms with Gasteiger partial charge >= 0.3 is 0 Å². The average molecular weight is 387 g/mol. The number of benzene rings is 2. The molecular weight excluding hydrogens is 364 g/mol. The van der Waals surface area contributed by atoms with Crippen molar-refractivity contribution >= 4 is 21.7 Å². The van der Waals surface area contributed by atoms with E-state index < -0.39 is 0 Å². The maximum Gasteiger partial charge on any atom is 0.151 e. The maximum atomic E-state index is 12.3. The number of halogens is 1. The molecule has 1 heterocycles. The van der Waals surface area contributed by atoms with Crippen LogP contribution < -0.4 is 5.32 Å². The summed E-state index contributed by atoms with van der Waals surface area (Å²) in [6, 6.07) is 16.9. The van der Waals surface area contributed by atoms with E-state index in [1.54, 1.807) is 0 Å². The summed E-state index contributed by atoms with van der Waals surface area (Å²) in [5.74, 6) is 0.254. The van der Waals surface area contributed by atoms with Crippen LogP contribution in [0.1, 0.15) is 22.7 Å². The average Bonchev–Trinajstić information content (AvgIpc) is 2.57. The number of carbonyl (C=O) groups excluding carboxylic acids is 1. The van der Waals surface area contributed by atoms with Crippen molar-refractivity contribution < 1.29 is 4.79 Å². The van der Waals surface area contributed by atoms with E-state index in [2.05, 4.69) is 50.4 Å². The minimum absolute atomic E-state index is 0.254. The number of fused-ring (bicyclic) bond motifs is 1. The number of hydrogen-bond acceptors (Lipinski definition) is 3. The van der Waals surface area contributed by atoms with Gasteiger partial charge in [0.15, 0.2) is 5.78 Å². The van der Waals surface area contributed by atoms with Gasteiger partial charge in [0.05, 0.1) is 6.54 Å². The molecule has 0 saturated carbocycles. The molecule has 0 fully saturated rings. The Morgan fingerprint density at radius 2 is 1.96 bits per heavy atom. The van der Waals surface area contributed by atoms with E-state index in [0.29, 0.717) is 19.0 Å². The van der Waals surface area contributed by atoms with Gasteiger partial charge in [-0.05, 0) is 48.8 Å². The molecule has 126 valence electrons. The number of ketones is 1. The van der Waals surface area contributed by atoms with Crippen molar-refractivity contribution in [2.45, 2.75) is 18.9 Å². The molecule has 0 saturated heterocycles. The standard InChI is InChI=1S/C20H23BrN2O/c1-23(13-18(24)12-15-6-8-17(21)9-7-15)14-20-19-5-3-2-4-16(19)10-11-22-20/h2-9,20,22H,10-14H2,1H3. The van der Waals surface area contributed by atoms with Crippen molar-refractivity contribution in [2.24, 2.45) is 0 Å². The summed E-state index contributed by atoms with van der Waals surface area (Å²) in [5.41, 5.74) is 3.87. The van der Waals surface area contributed by atoms with Gasteiger partial charge < -0.3 is 5.32 Å². The van der Waals surface area contributed by atoms with E-state index in [1.165, 1.54) is 11.1 Å². The van der Waals surface area contributed by atoms with Crippen LogP contribution in [0.4, 0.5) is 0 Å². The third-order valence-electron chi connectivity index (χ3n) is 4.47. The zero-order valence-corrected chi connectivity index (χ0v) is 15.6. The summed E-state index contributed by atoms with van der Waals surface area (Å²) in [7, 11) is 2.03. The zero-order valence-electron chi connectivity index (χ0n) is 14.0. The topological polar surface area (TPSA) is 32.3 Å². The summed E-state index contributed by atoms with van der Waals surface area (Å²) in [6.07, 6.45) is 1.57. The third kappa shape index (κ3) is 4.53. The minimum Gasteiger partial charge on any atom is -0.309 e. The number of nitrogens with zero attached hydrogens (tertiary/aromatic N) is 1. The molecule has 0 radical (unpaired) electrons. The number of likely N-dealkylation sites (N-methyl/N-ethyl adjacent to an activating group) is 1. The van der Waals surface area contributed by atoms with Crippen LogP contribution in [-0.2, 0) is 17.6 Å². The number of nitrogens with one attached hydrogen (secondary N) is 1. The van der Waals surface area contributed by atoms with Crippen molar-refractivity contribution in [1.82, 2.24) is 10.2 Å². The summed E-state index contributed by atoms with van der Waals surface area (Å²) in [5, 5.41) is 3.58. The second kappa shape index (κ2) is 8.06. The highest BCUT2D eigenvalue weighted by Gasteiger charge is 2.21. The molecule has 0 amide bonds. The second-order valence-electron chi connectivity index (χ2n) is 6.49. The lowest BCUT2D eigenvalue weighted by Crippen LogP contribution is -2.39. The van der Waals surface area contributed by atoms with Crippen molar-refractivity contribution in [1.29, 1.82) is 0 Å². The molecule has 0 bridgehead atoms. The van der Waals surface area contributed by atoms with Gasteiger partial charge in [0, 0.05) is 23.5 Å². The molecule has 4 heteroatoms. The molecular formula is C20H23BrN2O. The van der Waals surface area contributed by atoms with Crippen LogP contribution >= 0.6 is 15.9 Å². The van der Waals surface area contributed by atoms with Crippen molar-refractivity contribution in [3.8, 4) is 0 Å². The van der Waals surface area contributed by atoms with E-state index in [-0.39, 0.29) is 5.78 Å². The Labute approximate surface area is 152 Å². The number of carbonyl (C=O) groups is 1. The van der Waals surface area contributed by atoms with Crippen LogP contribution in [0.3, 0.4) is 0 Å². The summed E-state index contributed by atoms with van der Waals surface area (Å²) in [4.78, 5) is 14.4. The summed E-state index contributed by atoms with van der Waals surface area (Å²) in [6.45, 7) is 2.34. The Bertz CT molecular complexity index is 699. The predicted octanol–water partition coefficient (Wildman–Crippen LogP) is 3.38. The van der Waals surface area contributed by atoms with Crippen LogP contribution in [0.15, 0.2) is 53.0 Å². The lowest BCUT2D eigenvalue weighted by molar-refractivity contribution is -0.119. The first-order chi connectivity index (χ1) is 11.6. The Kier molecular flexibility index (Phi) is 5.82. The van der Waals surface area contributed by atoms with E-state index in [1.807, 2.05) is 31.3 Å². The first-order valence-corrected chi connectivity index (χ1v) is 9.17. The molecule has 2 aromatic rings. The quantitative estimate of drug-likeness (QED) is 0.825. The van der Waals surface area contributed by atoms with E-state index in [9.17, 15) is 4.79 Å². The van der Waals surface area contributed by atoms with Gasteiger partial charge in [-0.3, -0.25) is 9.69 Å². The highest BCUT2D eigenvalue weighted by molar-refractivity contribution is 9.10. The molecule has 1 aliphatic heterocycles. The summed E-state index contributed by atoms with van der Waals surface area (Å²) < 4.78 is 1.04. The van der Waals surface area contributed by atoms with Crippen LogP contribution in [0.2, 0.25) is 0 Å². The highest BCUT2D eigenvalue weighted by Crippen LogP contribution is 2.23. The molecule has 1 N–H and O–H groups in total. The Morgan fingerprint density at radius 1 is 1.21 bits per heavy atom. The molecule has 1 aliphatic rings. The van der Waals surface area contributed by atoms with Gasteiger partial charge in [-0.15, -0.1) is 0 Å². The maximum absolute atomic E-state index is 12.3. The molecule has 0 aliphatic carbocycles. The fourth-order valence-electron chi connectivity index (χ4n) is 3.32. The number of rotatable bonds is 6. The van der Waals surface area contributed by atoms with E-state index in [4.69, 9.17) is 0 Å². The van der Waals surface area contributed by atoms with Crippen molar-refractivity contribution in [3.63, 3.8) is 0 Å². The van der Waals surface area contributed by atoms with E-state index in [0.717, 1.165) is 29.5 Å². The lowest BCUT2D eigenvalue weighted by atomic mass is 9.94. The van der Waals surface area contributed by atoms with Crippen LogP contribution in [0, 0.1) is 0 Å². The normalized spacial score (nSPS) is 16.9. The number of hydrogen-bond donors (Lipinski definition) is 1. The Balaban J connectivity index is 1.55. The molecule has 2 aromatic carbocycles. The monoisotopic (exact) mass is 386 g/mol. The summed E-state index contributed by atoms with van der Waals surface area (Å²) >= 11 is 3.42. The van der Waals surface area contributed by atoms with Crippen LogP contribution in [0.25, 0.3) is 0 Å². The van der Waals surface area contributed by atoms with Crippen molar-refractivity contribution in [2.75, 3.05) is 26.7 Å². The van der Waals surface area contributed by atoms with Crippen LogP contribution in [0.5, 0.6) is 0 Å². The van der Waals surface area contributed by atoms with E-state index >= 15 is 0 Å². The highest BCUT2D eigenvalue weighted by atomic mass is 79.9. The first kappa shape index (κ1) is 17.3. The predicted molar refractivity (Wildman–Crippen MR) is 101 cm³/mol. The molecule has 1 atom stereocenters.